The summed E-state index contributed by atoms with van der Waals surface area (Å²) < 4.78 is 5.23. The number of benzene rings is 1. The van der Waals surface area contributed by atoms with Gasteiger partial charge in [0.05, 0.1) is 19.2 Å². The molecule has 0 saturated carbocycles. The van der Waals surface area contributed by atoms with Gasteiger partial charge in [0.2, 0.25) is 5.91 Å². The number of aryl methyl sites for hydroxylation is 1. The monoisotopic (exact) mass is 369 g/mol. The van der Waals surface area contributed by atoms with Crippen LogP contribution in [-0.2, 0) is 24.2 Å². The molecule has 3 rings (SSSR count). The molecular weight excluding hydrogens is 346 g/mol. The lowest BCUT2D eigenvalue weighted by Gasteiger charge is -2.16. The Labute approximate surface area is 158 Å². The Hall–Kier alpha value is -2.36. The maximum absolute atomic E-state index is 12.4. The second-order valence-corrected chi connectivity index (χ2v) is 7.70. The molecule has 1 heterocycles. The molecule has 0 fully saturated rings. The number of methoxy groups -OCH3 is 1. The molecule has 1 N–H and O–H groups in total. The van der Waals surface area contributed by atoms with Gasteiger partial charge in [-0.25, -0.2) is 0 Å². The van der Waals surface area contributed by atoms with Crippen molar-refractivity contribution >= 4 is 22.2 Å². The molecular formula is C20H23N3O2S. The molecule has 1 aliphatic carbocycles. The van der Waals surface area contributed by atoms with E-state index in [4.69, 9.17) is 4.74 Å². The Morgan fingerprint density at radius 3 is 2.96 bits per heavy atom. The summed E-state index contributed by atoms with van der Waals surface area (Å²) >= 11 is 1.56. The second-order valence-electron chi connectivity index (χ2n) is 6.60. The van der Waals surface area contributed by atoms with Crippen molar-refractivity contribution in [3.05, 3.63) is 45.8 Å². The van der Waals surface area contributed by atoms with Crippen LogP contribution in [0, 0.1) is 11.3 Å². The first-order valence-corrected chi connectivity index (χ1v) is 9.58. The highest BCUT2D eigenvalue weighted by Gasteiger charge is 2.22. The zero-order chi connectivity index (χ0) is 18.5. The molecule has 1 aliphatic rings. The van der Waals surface area contributed by atoms with Crippen molar-refractivity contribution in [1.29, 1.82) is 5.26 Å². The number of carbonyl (C=O) groups excluding carboxylic acids is 1. The van der Waals surface area contributed by atoms with E-state index in [0.29, 0.717) is 17.1 Å². The highest BCUT2D eigenvalue weighted by Crippen LogP contribution is 2.37. The van der Waals surface area contributed by atoms with Crippen molar-refractivity contribution in [1.82, 2.24) is 4.90 Å². The number of nitrogens with zero attached hydrogens (tertiary/aromatic N) is 2. The topological polar surface area (TPSA) is 65.4 Å². The number of nitrogens with one attached hydrogen (secondary N) is 1. The third kappa shape index (κ3) is 4.24. The summed E-state index contributed by atoms with van der Waals surface area (Å²) in [7, 11) is 3.55. The van der Waals surface area contributed by atoms with E-state index in [1.165, 1.54) is 4.88 Å². The Morgan fingerprint density at radius 2 is 2.19 bits per heavy atom. The predicted molar refractivity (Wildman–Crippen MR) is 104 cm³/mol. The SMILES string of the molecule is COc1cccc(CN(C)CC(=O)Nc2sc3c(c2C#N)CCCC3)c1. The molecule has 0 unspecified atom stereocenters. The number of carbonyl (C=O) groups is 1. The first-order chi connectivity index (χ1) is 12.6. The Kier molecular flexibility index (Phi) is 5.92. The van der Waals surface area contributed by atoms with Crippen LogP contribution in [-0.4, -0.2) is 31.5 Å². The molecule has 1 amide bonds. The van der Waals surface area contributed by atoms with Crippen LogP contribution in [0.15, 0.2) is 24.3 Å². The summed E-state index contributed by atoms with van der Waals surface area (Å²) in [5.41, 5.74) is 2.89. The fraction of sp³-hybridized carbons (Fsp3) is 0.400. The summed E-state index contributed by atoms with van der Waals surface area (Å²) in [5.74, 6) is 0.716. The van der Waals surface area contributed by atoms with Gasteiger partial charge in [-0.1, -0.05) is 12.1 Å². The van der Waals surface area contributed by atoms with Gasteiger partial charge in [-0.05, 0) is 56.0 Å². The van der Waals surface area contributed by atoms with Gasteiger partial charge in [0, 0.05) is 11.4 Å². The van der Waals surface area contributed by atoms with Crippen LogP contribution in [0.4, 0.5) is 5.00 Å². The fourth-order valence-corrected chi connectivity index (χ4v) is 4.58. The van der Waals surface area contributed by atoms with Gasteiger partial charge < -0.3 is 10.1 Å². The first-order valence-electron chi connectivity index (χ1n) is 8.76. The van der Waals surface area contributed by atoms with Crippen molar-refractivity contribution in [2.45, 2.75) is 32.2 Å². The summed E-state index contributed by atoms with van der Waals surface area (Å²) in [5, 5.41) is 13.1. The number of hydrogen-bond acceptors (Lipinski definition) is 5. The average Bonchev–Trinajstić information content (AvgIpc) is 2.98. The first kappa shape index (κ1) is 18.4. The summed E-state index contributed by atoms with van der Waals surface area (Å²) in [4.78, 5) is 15.6. The highest BCUT2D eigenvalue weighted by molar-refractivity contribution is 7.16. The van der Waals surface area contributed by atoms with Gasteiger partial charge in [0.1, 0.15) is 16.8 Å². The van der Waals surface area contributed by atoms with Crippen molar-refractivity contribution in [3.63, 3.8) is 0 Å². The van der Waals surface area contributed by atoms with Gasteiger partial charge in [-0.2, -0.15) is 5.26 Å². The Balaban J connectivity index is 1.62. The molecule has 5 nitrogen and oxygen atoms in total. The van der Waals surface area contributed by atoms with Crippen LogP contribution < -0.4 is 10.1 Å². The number of amides is 1. The van der Waals surface area contributed by atoms with Crippen molar-refractivity contribution in [2.24, 2.45) is 0 Å². The molecule has 136 valence electrons. The Bertz CT molecular complexity index is 838. The number of fused-ring (bicyclic) bond motifs is 1. The number of rotatable bonds is 6. The van der Waals surface area contributed by atoms with E-state index in [0.717, 1.165) is 42.6 Å². The largest absolute Gasteiger partial charge is 0.497 e. The second kappa shape index (κ2) is 8.35. The van der Waals surface area contributed by atoms with Crippen LogP contribution in [0.2, 0.25) is 0 Å². The van der Waals surface area contributed by atoms with Gasteiger partial charge >= 0.3 is 0 Å². The molecule has 0 aliphatic heterocycles. The molecule has 26 heavy (non-hydrogen) atoms. The molecule has 1 aromatic heterocycles. The van der Waals surface area contributed by atoms with Gasteiger partial charge in [0.15, 0.2) is 0 Å². The third-order valence-electron chi connectivity index (χ3n) is 4.54. The Morgan fingerprint density at radius 1 is 1.38 bits per heavy atom. The van der Waals surface area contributed by atoms with Gasteiger partial charge in [0.25, 0.3) is 0 Å². The van der Waals surface area contributed by atoms with Crippen molar-refractivity contribution < 1.29 is 9.53 Å². The summed E-state index contributed by atoms with van der Waals surface area (Å²) in [6.07, 6.45) is 4.24. The van der Waals surface area contributed by atoms with E-state index in [9.17, 15) is 10.1 Å². The molecule has 2 aromatic rings. The lowest BCUT2D eigenvalue weighted by molar-refractivity contribution is -0.117. The normalized spacial score (nSPS) is 13.2. The number of hydrogen-bond donors (Lipinski definition) is 1. The molecule has 0 bridgehead atoms. The number of thiophene rings is 1. The van der Waals surface area contributed by atoms with Crippen LogP contribution in [0.25, 0.3) is 0 Å². The maximum Gasteiger partial charge on any atom is 0.239 e. The molecule has 0 spiro atoms. The number of ether oxygens (including phenoxy) is 1. The number of nitriles is 1. The predicted octanol–water partition coefficient (Wildman–Crippen LogP) is 3.58. The van der Waals surface area contributed by atoms with E-state index >= 15 is 0 Å². The van der Waals surface area contributed by atoms with Crippen molar-refractivity contribution in [3.8, 4) is 11.8 Å². The van der Waals surface area contributed by atoms with Crippen molar-refractivity contribution in [2.75, 3.05) is 26.0 Å². The molecule has 1 aromatic carbocycles. The van der Waals surface area contributed by atoms with Crippen LogP contribution in [0.5, 0.6) is 5.75 Å². The summed E-state index contributed by atoms with van der Waals surface area (Å²) in [6, 6.07) is 10.1. The molecule has 0 radical (unpaired) electrons. The maximum atomic E-state index is 12.4. The smallest absolute Gasteiger partial charge is 0.239 e. The zero-order valence-corrected chi connectivity index (χ0v) is 16.0. The van der Waals surface area contributed by atoms with Gasteiger partial charge in [-0.15, -0.1) is 11.3 Å². The highest BCUT2D eigenvalue weighted by atomic mass is 32.1. The molecule has 0 saturated heterocycles. The standard InChI is InChI=1S/C20H23N3O2S/c1-23(12-14-6-5-7-15(10-14)25-2)13-19(24)22-20-17(11-21)16-8-3-4-9-18(16)26-20/h5-7,10H,3-4,8-9,12-13H2,1-2H3,(H,22,24). The quantitative estimate of drug-likeness (QED) is 0.845. The van der Waals surface area contributed by atoms with Crippen LogP contribution in [0.1, 0.15) is 34.4 Å². The number of anilines is 1. The minimum Gasteiger partial charge on any atom is -0.497 e. The minimum absolute atomic E-state index is 0.0921. The molecule has 0 atom stereocenters. The minimum atomic E-state index is -0.0921. The lowest BCUT2D eigenvalue weighted by Crippen LogP contribution is -2.29. The zero-order valence-electron chi connectivity index (χ0n) is 15.2. The van der Waals surface area contributed by atoms with E-state index < -0.39 is 0 Å². The third-order valence-corrected chi connectivity index (χ3v) is 5.74. The number of likely N-dealkylation sites (N-methyl/N-ethyl adjacent to an activating group) is 1. The van der Waals surface area contributed by atoms with Crippen LogP contribution in [0.3, 0.4) is 0 Å². The molecule has 6 heteroatoms. The average molecular weight is 369 g/mol. The summed E-state index contributed by atoms with van der Waals surface area (Å²) in [6.45, 7) is 0.918. The van der Waals surface area contributed by atoms with Gasteiger partial charge in [-0.3, -0.25) is 9.69 Å². The van der Waals surface area contributed by atoms with E-state index in [2.05, 4.69) is 11.4 Å². The van der Waals surface area contributed by atoms with E-state index in [1.807, 2.05) is 36.2 Å². The van der Waals surface area contributed by atoms with Crippen LogP contribution >= 0.6 is 11.3 Å². The van der Waals surface area contributed by atoms with E-state index in [-0.39, 0.29) is 12.5 Å². The van der Waals surface area contributed by atoms with E-state index in [1.54, 1.807) is 18.4 Å². The lowest BCUT2D eigenvalue weighted by atomic mass is 9.96. The fourth-order valence-electron chi connectivity index (χ4n) is 3.32.